The van der Waals surface area contributed by atoms with E-state index in [1.165, 1.54) is 17.7 Å². The van der Waals surface area contributed by atoms with Gasteiger partial charge in [0.1, 0.15) is 0 Å². The number of nitrogens with one attached hydrogen (secondary N) is 2. The number of rotatable bonds is 8. The number of carbonyl (C=O) groups excluding carboxylic acids is 1. The first kappa shape index (κ1) is 22.2. The molecular weight excluding hydrogens is 356 g/mol. The number of ether oxygens (including phenoxy) is 1. The molecule has 1 unspecified atom stereocenters. The molecular formula is C20H36N6O2. The van der Waals surface area contributed by atoms with Crippen LogP contribution in [-0.2, 0) is 36.0 Å². The molecule has 1 atom stereocenters. The van der Waals surface area contributed by atoms with Crippen LogP contribution < -0.4 is 10.6 Å². The van der Waals surface area contributed by atoms with Crippen LogP contribution >= 0.6 is 0 Å². The van der Waals surface area contributed by atoms with Gasteiger partial charge in [0, 0.05) is 45.6 Å². The summed E-state index contributed by atoms with van der Waals surface area (Å²) in [5, 5.41) is 11.1. The molecule has 1 aliphatic rings. The quantitative estimate of drug-likeness (QED) is 0.514. The minimum Gasteiger partial charge on any atom is -0.376 e. The molecule has 1 fully saturated rings. The van der Waals surface area contributed by atoms with Crippen LogP contribution in [-0.4, -0.2) is 66.4 Å². The Morgan fingerprint density at radius 3 is 2.68 bits per heavy atom. The highest BCUT2D eigenvalue weighted by molar-refractivity contribution is 5.86. The van der Waals surface area contributed by atoms with Crippen LogP contribution in [0.3, 0.4) is 0 Å². The Kier molecular flexibility index (Phi) is 8.76. The second-order valence-corrected chi connectivity index (χ2v) is 7.38. The maximum atomic E-state index is 12.0. The Morgan fingerprint density at radius 2 is 2.07 bits per heavy atom. The van der Waals surface area contributed by atoms with Gasteiger partial charge < -0.3 is 20.3 Å². The van der Waals surface area contributed by atoms with Crippen molar-refractivity contribution < 1.29 is 9.53 Å². The van der Waals surface area contributed by atoms with Gasteiger partial charge >= 0.3 is 0 Å². The van der Waals surface area contributed by atoms with E-state index in [9.17, 15) is 4.79 Å². The van der Waals surface area contributed by atoms with Gasteiger partial charge in [-0.3, -0.25) is 9.48 Å². The SMILES string of the molecule is CCc1nn(C)c(CC)c1CN=C(NCC(=O)N(C)C)NCC1CCCCO1. The van der Waals surface area contributed by atoms with E-state index in [-0.39, 0.29) is 18.6 Å². The van der Waals surface area contributed by atoms with Gasteiger partial charge in [0.25, 0.3) is 0 Å². The average molecular weight is 393 g/mol. The summed E-state index contributed by atoms with van der Waals surface area (Å²) in [6.45, 7) is 6.51. The number of hydrogen-bond acceptors (Lipinski definition) is 4. The number of nitrogens with zero attached hydrogens (tertiary/aromatic N) is 4. The third-order valence-electron chi connectivity index (χ3n) is 5.10. The zero-order chi connectivity index (χ0) is 20.5. The molecule has 8 nitrogen and oxygen atoms in total. The minimum atomic E-state index is 0.00767. The Hall–Kier alpha value is -2.09. The summed E-state index contributed by atoms with van der Waals surface area (Å²) in [5.41, 5.74) is 3.48. The van der Waals surface area contributed by atoms with Crippen LogP contribution in [0.2, 0.25) is 0 Å². The van der Waals surface area contributed by atoms with Crippen LogP contribution in [0.4, 0.5) is 0 Å². The fourth-order valence-corrected chi connectivity index (χ4v) is 3.40. The number of hydrogen-bond donors (Lipinski definition) is 2. The lowest BCUT2D eigenvalue weighted by atomic mass is 10.1. The van der Waals surface area contributed by atoms with Gasteiger partial charge in [0.05, 0.1) is 24.9 Å². The maximum absolute atomic E-state index is 12.0. The second-order valence-electron chi connectivity index (χ2n) is 7.38. The molecule has 1 aromatic heterocycles. The van der Waals surface area contributed by atoms with E-state index in [0.29, 0.717) is 19.0 Å². The zero-order valence-electron chi connectivity index (χ0n) is 18.0. The number of guanidine groups is 1. The Morgan fingerprint density at radius 1 is 1.29 bits per heavy atom. The van der Waals surface area contributed by atoms with Gasteiger partial charge in [-0.05, 0) is 32.1 Å². The van der Waals surface area contributed by atoms with Crippen LogP contribution in [0.25, 0.3) is 0 Å². The van der Waals surface area contributed by atoms with Crippen LogP contribution in [0.1, 0.15) is 50.1 Å². The lowest BCUT2D eigenvalue weighted by Gasteiger charge is -2.24. The summed E-state index contributed by atoms with van der Waals surface area (Å²) in [6, 6.07) is 0. The van der Waals surface area contributed by atoms with Gasteiger partial charge in [0.15, 0.2) is 5.96 Å². The van der Waals surface area contributed by atoms with E-state index >= 15 is 0 Å². The molecule has 2 rings (SSSR count). The summed E-state index contributed by atoms with van der Waals surface area (Å²) >= 11 is 0. The summed E-state index contributed by atoms with van der Waals surface area (Å²) in [5.74, 6) is 0.644. The fourth-order valence-electron chi connectivity index (χ4n) is 3.40. The van der Waals surface area contributed by atoms with Gasteiger partial charge in [-0.15, -0.1) is 0 Å². The first-order valence-corrected chi connectivity index (χ1v) is 10.3. The highest BCUT2D eigenvalue weighted by atomic mass is 16.5. The van der Waals surface area contributed by atoms with Crippen LogP contribution in [0.5, 0.6) is 0 Å². The third-order valence-corrected chi connectivity index (χ3v) is 5.10. The number of amides is 1. The molecule has 8 heteroatoms. The topological polar surface area (TPSA) is 83.8 Å². The van der Waals surface area contributed by atoms with Crippen LogP contribution in [0.15, 0.2) is 4.99 Å². The number of aromatic nitrogens is 2. The van der Waals surface area contributed by atoms with Gasteiger partial charge in [-0.2, -0.15) is 5.10 Å². The highest BCUT2D eigenvalue weighted by Crippen LogP contribution is 2.16. The van der Waals surface area contributed by atoms with E-state index in [4.69, 9.17) is 9.73 Å². The van der Waals surface area contributed by atoms with Crippen LogP contribution in [0, 0.1) is 0 Å². The lowest BCUT2D eigenvalue weighted by Crippen LogP contribution is -2.45. The van der Waals surface area contributed by atoms with Crippen molar-refractivity contribution in [1.29, 1.82) is 0 Å². The first-order chi connectivity index (χ1) is 13.5. The third kappa shape index (κ3) is 6.22. The number of carbonyl (C=O) groups is 1. The van der Waals surface area contributed by atoms with Crippen molar-refractivity contribution in [3.05, 3.63) is 17.0 Å². The van der Waals surface area contributed by atoms with Crippen molar-refractivity contribution in [2.75, 3.05) is 33.8 Å². The van der Waals surface area contributed by atoms with Gasteiger partial charge in [-0.25, -0.2) is 4.99 Å². The van der Waals surface area contributed by atoms with E-state index in [1.54, 1.807) is 19.0 Å². The van der Waals surface area contributed by atoms with E-state index in [0.717, 1.165) is 38.0 Å². The molecule has 0 aromatic carbocycles. The minimum absolute atomic E-state index is 0.00767. The smallest absolute Gasteiger partial charge is 0.241 e. The zero-order valence-corrected chi connectivity index (χ0v) is 18.0. The predicted molar refractivity (Wildman–Crippen MR) is 111 cm³/mol. The van der Waals surface area contributed by atoms with Crippen molar-refractivity contribution in [3.8, 4) is 0 Å². The normalized spacial score (nSPS) is 17.5. The molecule has 1 saturated heterocycles. The maximum Gasteiger partial charge on any atom is 0.241 e. The summed E-state index contributed by atoms with van der Waals surface area (Å²) in [4.78, 5) is 18.3. The second kappa shape index (κ2) is 11.0. The summed E-state index contributed by atoms with van der Waals surface area (Å²) in [7, 11) is 5.49. The van der Waals surface area contributed by atoms with Crippen molar-refractivity contribution in [3.63, 3.8) is 0 Å². The molecule has 0 radical (unpaired) electrons. The van der Waals surface area contributed by atoms with E-state index in [1.807, 2.05) is 11.7 Å². The standard InChI is InChI=1S/C20H36N6O2/c1-6-17-16(18(7-2)26(5)24-17)13-22-20(23-14-19(27)25(3)4)21-12-15-10-8-9-11-28-15/h15H,6-14H2,1-5H3,(H2,21,22,23). The molecule has 1 aromatic rings. The molecule has 1 amide bonds. The summed E-state index contributed by atoms with van der Waals surface area (Å²) < 4.78 is 7.75. The number of likely N-dealkylation sites (N-methyl/N-ethyl adjacent to an activating group) is 1. The molecule has 0 aliphatic carbocycles. The van der Waals surface area contributed by atoms with Gasteiger partial charge in [0.2, 0.25) is 5.91 Å². The number of aryl methyl sites for hydroxylation is 2. The van der Waals surface area contributed by atoms with Gasteiger partial charge in [-0.1, -0.05) is 13.8 Å². The Balaban J connectivity index is 2.09. The average Bonchev–Trinajstić information content (AvgIpc) is 3.02. The van der Waals surface area contributed by atoms with Crippen molar-refractivity contribution in [2.45, 2.75) is 58.6 Å². The first-order valence-electron chi connectivity index (χ1n) is 10.3. The molecule has 0 saturated carbocycles. The van der Waals surface area contributed by atoms with Crippen molar-refractivity contribution >= 4 is 11.9 Å². The van der Waals surface area contributed by atoms with E-state index < -0.39 is 0 Å². The van der Waals surface area contributed by atoms with Crippen molar-refractivity contribution in [2.24, 2.45) is 12.0 Å². The summed E-state index contributed by atoms with van der Waals surface area (Å²) in [6.07, 6.45) is 5.37. The molecule has 2 N–H and O–H groups in total. The molecule has 0 spiro atoms. The highest BCUT2D eigenvalue weighted by Gasteiger charge is 2.16. The van der Waals surface area contributed by atoms with E-state index in [2.05, 4.69) is 29.6 Å². The molecule has 2 heterocycles. The largest absolute Gasteiger partial charge is 0.376 e. The molecule has 158 valence electrons. The molecule has 1 aliphatic heterocycles. The molecule has 0 bridgehead atoms. The molecule has 28 heavy (non-hydrogen) atoms. The Labute approximate surface area is 168 Å². The monoisotopic (exact) mass is 392 g/mol. The van der Waals surface area contributed by atoms with Crippen molar-refractivity contribution in [1.82, 2.24) is 25.3 Å². The Bertz CT molecular complexity index is 662. The number of aliphatic imine (C=N–C) groups is 1. The fraction of sp³-hybridized carbons (Fsp3) is 0.750. The lowest BCUT2D eigenvalue weighted by molar-refractivity contribution is -0.127. The predicted octanol–water partition coefficient (Wildman–Crippen LogP) is 1.24.